The number of phenolic OH excluding ortho intramolecular Hbond substituents is 1. The van der Waals surface area contributed by atoms with Gasteiger partial charge in [0.25, 0.3) is 0 Å². The number of phenols is 1. The Kier molecular flexibility index (Phi) is 4.78. The van der Waals surface area contributed by atoms with Gasteiger partial charge in [0.1, 0.15) is 17.2 Å². The Morgan fingerprint density at radius 3 is 2.29 bits per heavy atom. The third-order valence-electron chi connectivity index (χ3n) is 6.84. The van der Waals surface area contributed by atoms with E-state index in [0.717, 1.165) is 4.57 Å². The zero-order valence-electron chi connectivity index (χ0n) is 19.1. The van der Waals surface area contributed by atoms with Gasteiger partial charge < -0.3 is 14.6 Å². The molecule has 0 bridgehead atoms. The molecule has 176 valence electrons. The van der Waals surface area contributed by atoms with Crippen LogP contribution in [0.5, 0.6) is 17.2 Å². The van der Waals surface area contributed by atoms with Crippen LogP contribution in [0.4, 0.5) is 0 Å². The number of aromatic nitrogens is 3. The van der Waals surface area contributed by atoms with Crippen molar-refractivity contribution in [3.63, 3.8) is 0 Å². The smallest absolute Gasteiger partial charge is 0.347 e. The van der Waals surface area contributed by atoms with Crippen LogP contribution in [0.1, 0.15) is 30.9 Å². The van der Waals surface area contributed by atoms with Gasteiger partial charge in [-0.25, -0.2) is 23.5 Å². The standard InChI is InChI=1S/C24H23N3O7/c1-11-7-16(29)14-10-15-13(5-6-26-23(31)25(2)24(32)27(15)26)19(20(14)22(11)30)21-17(33-3)8-12(28)9-18(21)34-4/h5,7-9,15,19,28H,6,10H2,1-4H3/t15-,19+/m1/s1. The van der Waals surface area contributed by atoms with E-state index < -0.39 is 23.3 Å². The molecule has 0 amide bonds. The first-order valence-electron chi connectivity index (χ1n) is 10.7. The predicted octanol–water partition coefficient (Wildman–Crippen LogP) is 1.13. The van der Waals surface area contributed by atoms with Crippen molar-refractivity contribution in [3.05, 3.63) is 73.1 Å². The molecule has 2 aromatic rings. The summed E-state index contributed by atoms with van der Waals surface area (Å²) in [5, 5.41) is 10.2. The van der Waals surface area contributed by atoms with Gasteiger partial charge >= 0.3 is 11.4 Å². The van der Waals surface area contributed by atoms with Crippen LogP contribution < -0.4 is 20.9 Å². The maximum Gasteiger partial charge on any atom is 0.347 e. The van der Waals surface area contributed by atoms with E-state index in [2.05, 4.69) is 0 Å². The third kappa shape index (κ3) is 2.81. The topological polar surface area (TPSA) is 122 Å². The number of carbonyl (C=O) groups excluding carboxylic acids is 2. The highest BCUT2D eigenvalue weighted by Crippen LogP contribution is 2.54. The van der Waals surface area contributed by atoms with Crippen molar-refractivity contribution in [2.75, 3.05) is 14.2 Å². The average molecular weight is 465 g/mol. The van der Waals surface area contributed by atoms with Crippen molar-refractivity contribution in [1.29, 1.82) is 0 Å². The second-order valence-electron chi connectivity index (χ2n) is 8.58. The summed E-state index contributed by atoms with van der Waals surface area (Å²) in [4.78, 5) is 52.1. The number of aromatic hydroxyl groups is 1. The molecule has 3 aliphatic rings. The van der Waals surface area contributed by atoms with Crippen LogP contribution in [0.3, 0.4) is 0 Å². The highest BCUT2D eigenvalue weighted by Gasteiger charge is 2.46. The van der Waals surface area contributed by atoms with Crippen molar-refractivity contribution in [1.82, 2.24) is 13.9 Å². The number of hydrogen-bond acceptors (Lipinski definition) is 7. The summed E-state index contributed by atoms with van der Waals surface area (Å²) in [7, 11) is 4.27. The van der Waals surface area contributed by atoms with E-state index in [-0.39, 0.29) is 47.4 Å². The molecule has 1 N–H and O–H groups in total. The fourth-order valence-corrected chi connectivity index (χ4v) is 5.28. The Labute approximate surface area is 193 Å². The molecule has 0 saturated carbocycles. The predicted molar refractivity (Wildman–Crippen MR) is 120 cm³/mol. The van der Waals surface area contributed by atoms with Crippen LogP contribution in [0.2, 0.25) is 0 Å². The van der Waals surface area contributed by atoms with Crippen LogP contribution in [0.15, 0.2) is 56.2 Å². The minimum Gasteiger partial charge on any atom is -0.508 e. The number of ketones is 2. The van der Waals surface area contributed by atoms with E-state index in [9.17, 15) is 24.3 Å². The lowest BCUT2D eigenvalue weighted by molar-refractivity contribution is -0.116. The van der Waals surface area contributed by atoms with Crippen molar-refractivity contribution < 1.29 is 24.2 Å². The molecule has 2 atom stereocenters. The molecule has 0 radical (unpaired) electrons. The molecular formula is C24H23N3O7. The van der Waals surface area contributed by atoms with Crippen molar-refractivity contribution >= 4 is 11.6 Å². The first-order valence-corrected chi connectivity index (χ1v) is 10.7. The second kappa shape index (κ2) is 7.47. The maximum absolute atomic E-state index is 13.4. The van der Waals surface area contributed by atoms with Gasteiger partial charge in [0.15, 0.2) is 11.6 Å². The number of Topliss-reactive ketones (excluding diaryl/α,β-unsaturated/α-hetero) is 1. The number of hydrogen-bond donors (Lipinski definition) is 1. The third-order valence-corrected chi connectivity index (χ3v) is 6.84. The maximum atomic E-state index is 13.4. The Morgan fingerprint density at radius 2 is 1.68 bits per heavy atom. The normalized spacial score (nSPS) is 21.4. The van der Waals surface area contributed by atoms with Gasteiger partial charge in [-0.2, -0.15) is 0 Å². The molecule has 0 saturated heterocycles. The van der Waals surface area contributed by atoms with Crippen LogP contribution >= 0.6 is 0 Å². The van der Waals surface area contributed by atoms with Crippen LogP contribution in [0, 0.1) is 0 Å². The van der Waals surface area contributed by atoms with E-state index in [1.807, 2.05) is 6.08 Å². The lowest BCUT2D eigenvalue weighted by atomic mass is 9.67. The number of carbonyl (C=O) groups is 2. The molecule has 2 aliphatic carbocycles. The molecule has 1 aliphatic heterocycles. The van der Waals surface area contributed by atoms with E-state index in [0.29, 0.717) is 22.3 Å². The number of nitrogens with zero attached hydrogens (tertiary/aromatic N) is 3. The van der Waals surface area contributed by atoms with Crippen LogP contribution in [0.25, 0.3) is 0 Å². The molecule has 0 unspecified atom stereocenters. The average Bonchev–Trinajstić information content (AvgIpc) is 3.04. The molecule has 34 heavy (non-hydrogen) atoms. The Bertz CT molecular complexity index is 1470. The number of rotatable bonds is 3. The molecule has 5 rings (SSSR count). The minimum absolute atomic E-state index is 0.0909. The zero-order valence-corrected chi connectivity index (χ0v) is 19.1. The fourth-order valence-electron chi connectivity index (χ4n) is 5.28. The summed E-state index contributed by atoms with van der Waals surface area (Å²) in [6.45, 7) is 1.71. The summed E-state index contributed by atoms with van der Waals surface area (Å²) in [5.74, 6) is -0.921. The van der Waals surface area contributed by atoms with Gasteiger partial charge in [-0.1, -0.05) is 6.08 Å². The Hall–Kier alpha value is -4.08. The number of allylic oxidation sites excluding steroid dienone is 6. The monoisotopic (exact) mass is 465 g/mol. The largest absolute Gasteiger partial charge is 0.508 e. The zero-order chi connectivity index (χ0) is 24.5. The first kappa shape index (κ1) is 21.7. The van der Waals surface area contributed by atoms with Crippen molar-refractivity contribution in [3.8, 4) is 17.2 Å². The molecule has 1 aromatic heterocycles. The van der Waals surface area contributed by atoms with Crippen molar-refractivity contribution in [2.24, 2.45) is 7.05 Å². The summed E-state index contributed by atoms with van der Waals surface area (Å²) >= 11 is 0. The Balaban J connectivity index is 1.86. The number of benzene rings is 1. The van der Waals surface area contributed by atoms with Gasteiger partial charge in [-0.05, 0) is 18.6 Å². The van der Waals surface area contributed by atoms with E-state index in [1.165, 1.54) is 48.8 Å². The highest BCUT2D eigenvalue weighted by molar-refractivity contribution is 6.23. The van der Waals surface area contributed by atoms with Crippen LogP contribution in [-0.2, 0) is 23.2 Å². The van der Waals surface area contributed by atoms with Gasteiger partial charge in [0.05, 0.1) is 26.8 Å². The van der Waals surface area contributed by atoms with E-state index in [1.54, 1.807) is 6.92 Å². The molecule has 1 aromatic carbocycles. The molecule has 10 nitrogen and oxygen atoms in total. The van der Waals surface area contributed by atoms with Crippen molar-refractivity contribution in [2.45, 2.75) is 31.8 Å². The first-order chi connectivity index (χ1) is 16.2. The van der Waals surface area contributed by atoms with Gasteiger partial charge in [0.2, 0.25) is 0 Å². The molecule has 2 heterocycles. The minimum atomic E-state index is -0.782. The number of ether oxygens (including phenoxy) is 2. The molecule has 0 fully saturated rings. The van der Waals surface area contributed by atoms with Gasteiger partial charge in [0, 0.05) is 53.8 Å². The lowest BCUT2D eigenvalue weighted by Gasteiger charge is -2.40. The highest BCUT2D eigenvalue weighted by atomic mass is 16.5. The Morgan fingerprint density at radius 1 is 1.03 bits per heavy atom. The summed E-state index contributed by atoms with van der Waals surface area (Å²) in [6, 6.07) is 2.16. The van der Waals surface area contributed by atoms with Gasteiger partial charge in [-0.3, -0.25) is 9.59 Å². The molecule has 10 heteroatoms. The second-order valence-corrected chi connectivity index (χ2v) is 8.58. The summed E-state index contributed by atoms with van der Waals surface area (Å²) in [5.41, 5.74) is 1.08. The summed E-state index contributed by atoms with van der Waals surface area (Å²) < 4.78 is 14.8. The SMILES string of the molecule is COc1cc(O)cc(OC)c1[C@H]1C2=CCn3c(=O)n(C)c(=O)n3[C@@H]2CC2=C1C(=O)C(C)=CC2=O. The fraction of sp³-hybridized carbons (Fsp3) is 0.333. The summed E-state index contributed by atoms with van der Waals surface area (Å²) in [6.07, 6.45) is 3.22. The number of fused-ring (bicyclic) bond motifs is 3. The quantitative estimate of drug-likeness (QED) is 0.533. The van der Waals surface area contributed by atoms with Crippen LogP contribution in [-0.4, -0.2) is 44.8 Å². The lowest BCUT2D eigenvalue weighted by Crippen LogP contribution is -2.41. The van der Waals surface area contributed by atoms with Gasteiger partial charge in [-0.15, -0.1) is 0 Å². The van der Waals surface area contributed by atoms with E-state index >= 15 is 0 Å². The number of methoxy groups -OCH3 is 2. The molecular weight excluding hydrogens is 442 g/mol. The molecule has 0 spiro atoms. The van der Waals surface area contributed by atoms with E-state index in [4.69, 9.17) is 9.47 Å².